The van der Waals surface area contributed by atoms with Crippen molar-refractivity contribution in [2.24, 2.45) is 0 Å². The lowest BCUT2D eigenvalue weighted by molar-refractivity contribution is 0.174. The molecule has 5 heteroatoms. The van der Waals surface area contributed by atoms with Gasteiger partial charge in [0.15, 0.2) is 0 Å². The zero-order valence-corrected chi connectivity index (χ0v) is 15.3. The third-order valence-corrected chi connectivity index (χ3v) is 4.29. The van der Waals surface area contributed by atoms with Crippen molar-refractivity contribution in [3.8, 4) is 0 Å². The third kappa shape index (κ3) is 5.22. The van der Waals surface area contributed by atoms with Gasteiger partial charge in [-0.1, -0.05) is 30.3 Å². The molecule has 5 nitrogen and oxygen atoms in total. The summed E-state index contributed by atoms with van der Waals surface area (Å²) in [6.45, 7) is 6.32. The van der Waals surface area contributed by atoms with Crippen LogP contribution in [0.1, 0.15) is 31.1 Å². The molecule has 0 spiro atoms. The molecule has 0 saturated heterocycles. The first-order valence-electron chi connectivity index (χ1n) is 8.50. The van der Waals surface area contributed by atoms with Gasteiger partial charge in [0.25, 0.3) is 0 Å². The molecule has 1 atom stereocenters. The van der Waals surface area contributed by atoms with Crippen LogP contribution < -0.4 is 15.5 Å². The van der Waals surface area contributed by atoms with E-state index in [0.29, 0.717) is 11.7 Å². The van der Waals surface area contributed by atoms with Crippen LogP contribution in [0.3, 0.4) is 0 Å². The van der Waals surface area contributed by atoms with Crippen molar-refractivity contribution in [2.75, 3.05) is 23.8 Å². The Balaban J connectivity index is 1.92. The van der Waals surface area contributed by atoms with Crippen molar-refractivity contribution in [3.63, 3.8) is 0 Å². The number of amides is 2. The topological polar surface area (TPSA) is 64.6 Å². The van der Waals surface area contributed by atoms with Gasteiger partial charge in [0.05, 0.1) is 6.10 Å². The zero-order chi connectivity index (χ0) is 18.4. The van der Waals surface area contributed by atoms with Crippen molar-refractivity contribution >= 4 is 17.4 Å². The number of nitrogens with zero attached hydrogens (tertiary/aromatic N) is 1. The highest BCUT2D eigenvalue weighted by atomic mass is 16.3. The van der Waals surface area contributed by atoms with Gasteiger partial charge in [0.2, 0.25) is 0 Å². The van der Waals surface area contributed by atoms with Gasteiger partial charge in [0.1, 0.15) is 0 Å². The summed E-state index contributed by atoms with van der Waals surface area (Å²) in [7, 11) is 2.02. The Morgan fingerprint density at radius 1 is 1.16 bits per heavy atom. The highest BCUT2D eigenvalue weighted by molar-refractivity contribution is 5.89. The monoisotopic (exact) mass is 341 g/mol. The van der Waals surface area contributed by atoms with E-state index in [9.17, 15) is 9.90 Å². The molecule has 2 amide bonds. The minimum absolute atomic E-state index is 0.155. The standard InChI is InChI=1S/C20H27N3O2/c1-14(2)23(4)17-10-7-9-16(12-17)22-20(25)21-13-19(24)18-11-6-5-8-15(18)3/h5-12,14,19,24H,13H2,1-4H3,(H2,21,22,25). The fourth-order valence-electron chi connectivity index (χ4n) is 2.54. The predicted molar refractivity (Wildman–Crippen MR) is 103 cm³/mol. The lowest BCUT2D eigenvalue weighted by atomic mass is 10.0. The number of aryl methyl sites for hydroxylation is 1. The number of aliphatic hydroxyl groups excluding tert-OH is 1. The van der Waals surface area contributed by atoms with Gasteiger partial charge < -0.3 is 20.6 Å². The maximum Gasteiger partial charge on any atom is 0.319 e. The molecule has 0 bridgehead atoms. The molecular formula is C20H27N3O2. The smallest absolute Gasteiger partial charge is 0.319 e. The molecule has 0 fully saturated rings. The molecule has 0 saturated carbocycles. The Morgan fingerprint density at radius 2 is 1.88 bits per heavy atom. The van der Waals surface area contributed by atoms with Crippen molar-refractivity contribution in [3.05, 3.63) is 59.7 Å². The number of hydrogen-bond acceptors (Lipinski definition) is 3. The van der Waals surface area contributed by atoms with E-state index in [2.05, 4.69) is 29.4 Å². The van der Waals surface area contributed by atoms with Gasteiger partial charge in [-0.15, -0.1) is 0 Å². The molecule has 2 aromatic rings. The summed E-state index contributed by atoms with van der Waals surface area (Å²) < 4.78 is 0. The number of aliphatic hydroxyl groups is 1. The Labute approximate surface area is 149 Å². The number of rotatable bonds is 6. The van der Waals surface area contributed by atoms with Crippen LogP contribution in [0, 0.1) is 6.92 Å². The second-order valence-electron chi connectivity index (χ2n) is 6.46. The zero-order valence-electron chi connectivity index (χ0n) is 15.3. The lowest BCUT2D eigenvalue weighted by Gasteiger charge is -2.24. The quantitative estimate of drug-likeness (QED) is 0.751. The fourth-order valence-corrected chi connectivity index (χ4v) is 2.54. The minimum atomic E-state index is -0.731. The van der Waals surface area contributed by atoms with Gasteiger partial charge >= 0.3 is 6.03 Å². The summed E-state index contributed by atoms with van der Waals surface area (Å²) in [4.78, 5) is 14.2. The molecule has 2 rings (SSSR count). The summed E-state index contributed by atoms with van der Waals surface area (Å²) >= 11 is 0. The van der Waals surface area contributed by atoms with E-state index in [0.717, 1.165) is 16.8 Å². The van der Waals surface area contributed by atoms with Crippen LogP contribution in [-0.4, -0.2) is 30.8 Å². The molecule has 1 unspecified atom stereocenters. The Morgan fingerprint density at radius 3 is 2.56 bits per heavy atom. The maximum atomic E-state index is 12.1. The normalized spacial score (nSPS) is 11.9. The van der Waals surface area contributed by atoms with Crippen molar-refractivity contribution < 1.29 is 9.90 Å². The summed E-state index contributed by atoms with van der Waals surface area (Å²) in [6.07, 6.45) is -0.731. The molecule has 0 aromatic heterocycles. The molecule has 0 radical (unpaired) electrons. The summed E-state index contributed by atoms with van der Waals surface area (Å²) in [5.41, 5.74) is 3.57. The van der Waals surface area contributed by atoms with Gasteiger partial charge in [-0.05, 0) is 50.1 Å². The predicted octanol–water partition coefficient (Wildman–Crippen LogP) is 3.69. The number of nitrogens with one attached hydrogen (secondary N) is 2. The molecule has 0 aliphatic heterocycles. The van der Waals surface area contributed by atoms with E-state index in [1.807, 2.05) is 62.5 Å². The first-order valence-corrected chi connectivity index (χ1v) is 8.50. The third-order valence-electron chi connectivity index (χ3n) is 4.29. The van der Waals surface area contributed by atoms with Crippen LogP contribution in [0.5, 0.6) is 0 Å². The summed E-state index contributed by atoms with van der Waals surface area (Å²) in [6, 6.07) is 15.3. The first kappa shape index (κ1) is 18.8. The van der Waals surface area contributed by atoms with E-state index in [-0.39, 0.29) is 12.6 Å². The van der Waals surface area contributed by atoms with Crippen LogP contribution >= 0.6 is 0 Å². The molecule has 0 aliphatic carbocycles. The van der Waals surface area contributed by atoms with Gasteiger partial charge in [-0.2, -0.15) is 0 Å². The number of hydrogen-bond donors (Lipinski definition) is 3. The van der Waals surface area contributed by atoms with Gasteiger partial charge in [0, 0.05) is 31.0 Å². The highest BCUT2D eigenvalue weighted by Gasteiger charge is 2.12. The van der Waals surface area contributed by atoms with Crippen molar-refractivity contribution in [1.82, 2.24) is 5.32 Å². The Bertz CT molecular complexity index is 716. The number of carbonyl (C=O) groups is 1. The van der Waals surface area contributed by atoms with Crippen LogP contribution in [0.25, 0.3) is 0 Å². The minimum Gasteiger partial charge on any atom is -0.387 e. The molecular weight excluding hydrogens is 314 g/mol. The average Bonchev–Trinajstić information content (AvgIpc) is 2.59. The van der Waals surface area contributed by atoms with Gasteiger partial charge in [-0.3, -0.25) is 0 Å². The summed E-state index contributed by atoms with van der Waals surface area (Å²) in [5.74, 6) is 0. The molecule has 2 aromatic carbocycles. The molecule has 0 heterocycles. The maximum absolute atomic E-state index is 12.1. The van der Waals surface area contributed by atoms with E-state index >= 15 is 0 Å². The first-order chi connectivity index (χ1) is 11.9. The van der Waals surface area contributed by atoms with Crippen LogP contribution in [0.15, 0.2) is 48.5 Å². The van der Waals surface area contributed by atoms with Crippen molar-refractivity contribution in [1.29, 1.82) is 0 Å². The van der Waals surface area contributed by atoms with Crippen molar-refractivity contribution in [2.45, 2.75) is 32.9 Å². The van der Waals surface area contributed by atoms with E-state index < -0.39 is 6.10 Å². The van der Waals surface area contributed by atoms with E-state index in [1.54, 1.807) is 0 Å². The van der Waals surface area contributed by atoms with Gasteiger partial charge in [-0.25, -0.2) is 4.79 Å². The number of carbonyl (C=O) groups excluding carboxylic acids is 1. The Kier molecular flexibility index (Phi) is 6.42. The van der Waals surface area contributed by atoms with Crippen LogP contribution in [-0.2, 0) is 0 Å². The Hall–Kier alpha value is -2.53. The second kappa shape index (κ2) is 8.53. The van der Waals surface area contributed by atoms with Crippen LogP contribution in [0.2, 0.25) is 0 Å². The number of benzene rings is 2. The van der Waals surface area contributed by atoms with E-state index in [4.69, 9.17) is 0 Å². The highest BCUT2D eigenvalue weighted by Crippen LogP contribution is 2.20. The molecule has 3 N–H and O–H groups in total. The van der Waals surface area contributed by atoms with Crippen LogP contribution in [0.4, 0.5) is 16.2 Å². The molecule has 25 heavy (non-hydrogen) atoms. The SMILES string of the molecule is Cc1ccccc1C(O)CNC(=O)Nc1cccc(N(C)C(C)C)c1. The number of anilines is 2. The molecule has 134 valence electrons. The fraction of sp³-hybridized carbons (Fsp3) is 0.350. The van der Waals surface area contributed by atoms with E-state index in [1.165, 1.54) is 0 Å². The number of urea groups is 1. The molecule has 0 aliphatic rings. The average molecular weight is 341 g/mol. The lowest BCUT2D eigenvalue weighted by Crippen LogP contribution is -2.32. The summed E-state index contributed by atoms with van der Waals surface area (Å²) in [5, 5.41) is 15.8. The largest absolute Gasteiger partial charge is 0.387 e. The second-order valence-corrected chi connectivity index (χ2v) is 6.46.